The Morgan fingerprint density at radius 3 is 2.10 bits per heavy atom. The quantitative estimate of drug-likeness (QED) is 0.637. The Morgan fingerprint density at radius 1 is 0.966 bits per heavy atom. The number of rotatable bonds is 9. The molecule has 1 fully saturated rings. The molecule has 1 aliphatic carbocycles. The van der Waals surface area contributed by atoms with Crippen LogP contribution in [0, 0.1) is 5.41 Å². The summed E-state index contributed by atoms with van der Waals surface area (Å²) >= 11 is 0. The minimum atomic E-state index is -3.51. The van der Waals surface area contributed by atoms with E-state index in [1.54, 1.807) is 12.1 Å². The summed E-state index contributed by atoms with van der Waals surface area (Å²) in [7, 11) is -3.51. The molecule has 3 rings (SSSR count). The fraction of sp³-hybridized carbons (Fsp3) is 0.500. The summed E-state index contributed by atoms with van der Waals surface area (Å²) in [5.41, 5.74) is 3.47. The van der Waals surface area contributed by atoms with Gasteiger partial charge in [-0.05, 0) is 65.8 Å². The third kappa shape index (κ3) is 5.68. The Hall–Kier alpha value is -1.69. The Bertz CT molecular complexity index is 881. The normalized spacial score (nSPS) is 16.4. The van der Waals surface area contributed by atoms with E-state index in [1.807, 2.05) is 12.1 Å². The van der Waals surface area contributed by atoms with Crippen molar-refractivity contribution in [2.45, 2.75) is 63.2 Å². The molecule has 0 unspecified atom stereocenters. The second-order valence-electron chi connectivity index (χ2n) is 8.72. The minimum Gasteiger partial charge on any atom is -0.396 e. The van der Waals surface area contributed by atoms with E-state index in [-0.39, 0.29) is 12.0 Å². The molecule has 4 nitrogen and oxygen atoms in total. The molecule has 2 N–H and O–H groups in total. The molecule has 0 radical (unpaired) electrons. The van der Waals surface area contributed by atoms with Crippen LogP contribution in [0.3, 0.4) is 0 Å². The fourth-order valence-corrected chi connectivity index (χ4v) is 5.45. The van der Waals surface area contributed by atoms with Crippen molar-refractivity contribution in [3.8, 4) is 0 Å². The molecule has 2 aromatic rings. The number of nitrogens with one attached hydrogen (secondary N) is 1. The van der Waals surface area contributed by atoms with Gasteiger partial charge in [-0.2, -0.15) is 0 Å². The Balaban J connectivity index is 1.69. The first-order valence-electron chi connectivity index (χ1n) is 10.6. The zero-order chi connectivity index (χ0) is 20.9. The molecule has 5 heteroatoms. The van der Waals surface area contributed by atoms with Gasteiger partial charge in [-0.15, -0.1) is 0 Å². The van der Waals surface area contributed by atoms with Crippen LogP contribution >= 0.6 is 0 Å². The van der Waals surface area contributed by atoms with Crippen LogP contribution in [-0.4, -0.2) is 26.7 Å². The van der Waals surface area contributed by atoms with Crippen molar-refractivity contribution in [3.05, 3.63) is 65.2 Å². The van der Waals surface area contributed by atoms with E-state index in [1.165, 1.54) is 5.56 Å². The van der Waals surface area contributed by atoms with E-state index in [9.17, 15) is 8.42 Å². The molecular formula is C24H33NO3S. The smallest absolute Gasteiger partial charge is 0.240 e. The first-order chi connectivity index (χ1) is 13.8. The topological polar surface area (TPSA) is 66.4 Å². The maximum absolute atomic E-state index is 12.8. The van der Waals surface area contributed by atoms with E-state index in [0.717, 1.165) is 43.2 Å². The molecule has 0 spiro atoms. The molecule has 0 bridgehead atoms. The maximum Gasteiger partial charge on any atom is 0.240 e. The van der Waals surface area contributed by atoms with Crippen LogP contribution in [0.2, 0.25) is 0 Å². The molecule has 0 heterocycles. The van der Waals surface area contributed by atoms with Crippen LogP contribution < -0.4 is 4.72 Å². The van der Waals surface area contributed by atoms with Gasteiger partial charge in [-0.25, -0.2) is 13.1 Å². The Labute approximate surface area is 175 Å². The van der Waals surface area contributed by atoms with Gasteiger partial charge in [-0.1, -0.05) is 63.1 Å². The highest BCUT2D eigenvalue weighted by molar-refractivity contribution is 7.89. The first-order valence-corrected chi connectivity index (χ1v) is 12.1. The first kappa shape index (κ1) is 22.0. The van der Waals surface area contributed by atoms with Gasteiger partial charge in [0.25, 0.3) is 0 Å². The van der Waals surface area contributed by atoms with Crippen LogP contribution in [0.25, 0.3) is 0 Å². The van der Waals surface area contributed by atoms with E-state index >= 15 is 0 Å². The fourth-order valence-electron chi connectivity index (χ4n) is 4.29. The summed E-state index contributed by atoms with van der Waals surface area (Å²) in [4.78, 5) is 0.336. The number of benzene rings is 2. The highest BCUT2D eigenvalue weighted by Gasteiger charge is 2.35. The standard InChI is InChI=1S/C24H33NO3S/c1-19(2)22-9-11-23(12-10-22)29(27,28)25-18-24(14-3-4-15-24)17-21-7-5-20(6-8-21)13-16-26/h5-12,19,25-26H,3-4,13-18H2,1-2H3. The van der Waals surface area contributed by atoms with E-state index < -0.39 is 10.0 Å². The third-order valence-electron chi connectivity index (χ3n) is 6.16. The number of hydrogen-bond donors (Lipinski definition) is 2. The van der Waals surface area contributed by atoms with Gasteiger partial charge in [0.2, 0.25) is 10.0 Å². The number of hydrogen-bond acceptors (Lipinski definition) is 3. The zero-order valence-electron chi connectivity index (χ0n) is 17.5. The van der Waals surface area contributed by atoms with Crippen LogP contribution in [0.4, 0.5) is 0 Å². The molecule has 2 aromatic carbocycles. The third-order valence-corrected chi connectivity index (χ3v) is 7.58. The van der Waals surface area contributed by atoms with Crippen molar-refractivity contribution < 1.29 is 13.5 Å². The van der Waals surface area contributed by atoms with Gasteiger partial charge >= 0.3 is 0 Å². The van der Waals surface area contributed by atoms with Gasteiger partial charge in [0.15, 0.2) is 0 Å². The van der Waals surface area contributed by atoms with Gasteiger partial charge < -0.3 is 5.11 Å². The van der Waals surface area contributed by atoms with Crippen molar-refractivity contribution in [3.63, 3.8) is 0 Å². The van der Waals surface area contributed by atoms with Crippen LogP contribution in [-0.2, 0) is 22.9 Å². The van der Waals surface area contributed by atoms with Gasteiger partial charge in [0, 0.05) is 13.2 Å². The molecule has 29 heavy (non-hydrogen) atoms. The molecule has 0 amide bonds. The molecule has 158 valence electrons. The van der Waals surface area contributed by atoms with Crippen LogP contribution in [0.5, 0.6) is 0 Å². The summed E-state index contributed by atoms with van der Waals surface area (Å²) in [5.74, 6) is 0.380. The Morgan fingerprint density at radius 2 is 1.55 bits per heavy atom. The van der Waals surface area contributed by atoms with Crippen LogP contribution in [0.15, 0.2) is 53.4 Å². The van der Waals surface area contributed by atoms with Crippen molar-refractivity contribution in [1.29, 1.82) is 0 Å². The Kier molecular flexibility index (Phi) is 7.14. The molecule has 0 aliphatic heterocycles. The summed E-state index contributed by atoms with van der Waals surface area (Å²) in [6.45, 7) is 4.83. The lowest BCUT2D eigenvalue weighted by Crippen LogP contribution is -2.37. The predicted octanol–water partition coefficient (Wildman–Crippen LogP) is 4.43. The van der Waals surface area contributed by atoms with Crippen LogP contribution in [0.1, 0.15) is 62.1 Å². The molecule has 0 atom stereocenters. The average molecular weight is 416 g/mol. The van der Waals surface area contributed by atoms with E-state index in [4.69, 9.17) is 5.11 Å². The molecule has 1 aliphatic rings. The van der Waals surface area contributed by atoms with Gasteiger partial charge in [0.1, 0.15) is 0 Å². The lowest BCUT2D eigenvalue weighted by atomic mass is 9.80. The number of sulfonamides is 1. The highest BCUT2D eigenvalue weighted by Crippen LogP contribution is 2.40. The van der Waals surface area contributed by atoms with E-state index in [0.29, 0.717) is 23.8 Å². The van der Waals surface area contributed by atoms with Gasteiger partial charge in [-0.3, -0.25) is 0 Å². The maximum atomic E-state index is 12.8. The van der Waals surface area contributed by atoms with Crippen molar-refractivity contribution in [2.75, 3.05) is 13.2 Å². The zero-order valence-corrected chi connectivity index (χ0v) is 18.3. The lowest BCUT2D eigenvalue weighted by Gasteiger charge is -2.29. The van der Waals surface area contributed by atoms with E-state index in [2.05, 4.69) is 42.8 Å². The van der Waals surface area contributed by atoms with Crippen molar-refractivity contribution >= 4 is 10.0 Å². The monoisotopic (exact) mass is 415 g/mol. The highest BCUT2D eigenvalue weighted by atomic mass is 32.2. The predicted molar refractivity (Wildman–Crippen MR) is 118 cm³/mol. The van der Waals surface area contributed by atoms with Crippen molar-refractivity contribution in [2.24, 2.45) is 5.41 Å². The summed E-state index contributed by atoms with van der Waals surface area (Å²) in [6, 6.07) is 15.6. The number of aliphatic hydroxyl groups excluding tert-OH is 1. The molecule has 0 aromatic heterocycles. The lowest BCUT2D eigenvalue weighted by molar-refractivity contribution is 0.294. The van der Waals surface area contributed by atoms with Crippen molar-refractivity contribution in [1.82, 2.24) is 4.72 Å². The average Bonchev–Trinajstić information content (AvgIpc) is 3.17. The second kappa shape index (κ2) is 9.41. The molecule has 1 saturated carbocycles. The largest absolute Gasteiger partial charge is 0.396 e. The molecule has 0 saturated heterocycles. The summed E-state index contributed by atoms with van der Waals surface area (Å²) < 4.78 is 28.6. The SMILES string of the molecule is CC(C)c1ccc(S(=O)(=O)NCC2(Cc3ccc(CCO)cc3)CCCC2)cc1. The summed E-state index contributed by atoms with van der Waals surface area (Å²) in [6.07, 6.45) is 5.92. The minimum absolute atomic E-state index is 0.0244. The summed E-state index contributed by atoms with van der Waals surface area (Å²) in [5, 5.41) is 9.08. The second-order valence-corrected chi connectivity index (χ2v) is 10.5. The molecular weight excluding hydrogens is 382 g/mol. The van der Waals surface area contributed by atoms with Gasteiger partial charge in [0.05, 0.1) is 4.90 Å². The number of aliphatic hydroxyl groups is 1.